The summed E-state index contributed by atoms with van der Waals surface area (Å²) in [5.41, 5.74) is 5.95. The van der Waals surface area contributed by atoms with E-state index in [-0.39, 0.29) is 0 Å². The summed E-state index contributed by atoms with van der Waals surface area (Å²) in [5.74, 6) is 0. The van der Waals surface area contributed by atoms with E-state index in [1.807, 2.05) is 30.5 Å². The second kappa shape index (κ2) is 6.02. The first kappa shape index (κ1) is 14.3. The van der Waals surface area contributed by atoms with Crippen molar-refractivity contribution in [2.75, 3.05) is 0 Å². The van der Waals surface area contributed by atoms with Crippen LogP contribution >= 0.6 is 0 Å². The lowest BCUT2D eigenvalue weighted by atomic mass is 10.1. The standard InChI is InChI=1S/C20H20N2/c1-4-14-22-16(3)15(2)18-12-13-21-19(20(18)22)11-10-17-8-6-5-7-9-17/h4-13H,1,14H2,2-3H3. The van der Waals surface area contributed by atoms with Gasteiger partial charge in [-0.05, 0) is 37.1 Å². The van der Waals surface area contributed by atoms with E-state index >= 15 is 0 Å². The highest BCUT2D eigenvalue weighted by atomic mass is 15.0. The van der Waals surface area contributed by atoms with Crippen molar-refractivity contribution in [1.82, 2.24) is 9.55 Å². The third-order valence-corrected chi connectivity index (χ3v) is 4.12. The Bertz CT molecular complexity index is 839. The maximum Gasteiger partial charge on any atom is 0.0873 e. The molecule has 0 atom stereocenters. The Morgan fingerprint density at radius 1 is 1.09 bits per heavy atom. The van der Waals surface area contributed by atoms with Gasteiger partial charge in [0.15, 0.2) is 0 Å². The van der Waals surface area contributed by atoms with Crippen LogP contribution in [0.25, 0.3) is 23.1 Å². The summed E-state index contributed by atoms with van der Waals surface area (Å²) in [5, 5.41) is 1.27. The number of hydrogen-bond acceptors (Lipinski definition) is 1. The Morgan fingerprint density at radius 2 is 1.86 bits per heavy atom. The molecular formula is C20H20N2. The molecule has 0 aliphatic rings. The molecule has 22 heavy (non-hydrogen) atoms. The fourth-order valence-corrected chi connectivity index (χ4v) is 2.84. The van der Waals surface area contributed by atoms with Gasteiger partial charge in [-0.2, -0.15) is 0 Å². The number of aromatic nitrogens is 2. The molecule has 2 heterocycles. The number of rotatable bonds is 4. The smallest absolute Gasteiger partial charge is 0.0873 e. The molecule has 110 valence electrons. The Morgan fingerprint density at radius 3 is 2.59 bits per heavy atom. The predicted octanol–water partition coefficient (Wildman–Crippen LogP) is 5.01. The molecule has 2 heteroatoms. The lowest BCUT2D eigenvalue weighted by Gasteiger charge is -2.06. The Kier molecular flexibility index (Phi) is 3.92. The summed E-state index contributed by atoms with van der Waals surface area (Å²) in [6.45, 7) is 9.00. The van der Waals surface area contributed by atoms with E-state index in [4.69, 9.17) is 0 Å². The van der Waals surface area contributed by atoms with Crippen molar-refractivity contribution in [2.24, 2.45) is 0 Å². The number of aryl methyl sites for hydroxylation is 1. The monoisotopic (exact) mass is 288 g/mol. The van der Waals surface area contributed by atoms with E-state index in [0.29, 0.717) is 0 Å². The lowest BCUT2D eigenvalue weighted by molar-refractivity contribution is 0.822. The molecule has 0 saturated heterocycles. The Hall–Kier alpha value is -2.61. The summed E-state index contributed by atoms with van der Waals surface area (Å²) in [4.78, 5) is 4.58. The van der Waals surface area contributed by atoms with Crippen molar-refractivity contribution in [2.45, 2.75) is 20.4 Å². The molecule has 3 rings (SSSR count). The number of fused-ring (bicyclic) bond motifs is 1. The zero-order chi connectivity index (χ0) is 15.5. The minimum atomic E-state index is 0.800. The minimum absolute atomic E-state index is 0.800. The van der Waals surface area contributed by atoms with Crippen LogP contribution in [0.15, 0.2) is 55.3 Å². The van der Waals surface area contributed by atoms with Gasteiger partial charge in [-0.3, -0.25) is 4.98 Å². The molecule has 0 fully saturated rings. The number of allylic oxidation sites excluding steroid dienone is 1. The molecule has 0 aliphatic heterocycles. The fourth-order valence-electron chi connectivity index (χ4n) is 2.84. The van der Waals surface area contributed by atoms with E-state index in [1.165, 1.54) is 27.7 Å². The zero-order valence-electron chi connectivity index (χ0n) is 13.1. The first-order chi connectivity index (χ1) is 10.7. The molecule has 0 bridgehead atoms. The van der Waals surface area contributed by atoms with Crippen LogP contribution in [0.2, 0.25) is 0 Å². The van der Waals surface area contributed by atoms with Crippen LogP contribution in [0.5, 0.6) is 0 Å². The van der Waals surface area contributed by atoms with Gasteiger partial charge in [-0.25, -0.2) is 0 Å². The summed E-state index contributed by atoms with van der Waals surface area (Å²) in [6.07, 6.45) is 8.02. The van der Waals surface area contributed by atoms with Crippen LogP contribution in [-0.2, 0) is 6.54 Å². The van der Waals surface area contributed by atoms with Crippen LogP contribution in [0.3, 0.4) is 0 Å². The molecule has 0 saturated carbocycles. The summed E-state index contributed by atoms with van der Waals surface area (Å²) < 4.78 is 2.29. The fraction of sp³-hybridized carbons (Fsp3) is 0.150. The number of nitrogens with zero attached hydrogens (tertiary/aromatic N) is 2. The third-order valence-electron chi connectivity index (χ3n) is 4.12. The van der Waals surface area contributed by atoms with Crippen molar-refractivity contribution >= 4 is 23.1 Å². The molecular weight excluding hydrogens is 268 g/mol. The summed E-state index contributed by atoms with van der Waals surface area (Å²) in [6, 6.07) is 12.4. The molecule has 0 radical (unpaired) electrons. The molecule has 2 nitrogen and oxygen atoms in total. The van der Waals surface area contributed by atoms with Gasteiger partial charge in [-0.15, -0.1) is 6.58 Å². The van der Waals surface area contributed by atoms with Crippen LogP contribution in [0.1, 0.15) is 22.5 Å². The molecule has 2 aromatic heterocycles. The van der Waals surface area contributed by atoms with E-state index in [2.05, 4.69) is 60.3 Å². The van der Waals surface area contributed by atoms with Gasteiger partial charge in [0.1, 0.15) is 0 Å². The third kappa shape index (κ3) is 2.48. The first-order valence-corrected chi connectivity index (χ1v) is 7.51. The van der Waals surface area contributed by atoms with E-state index in [9.17, 15) is 0 Å². The van der Waals surface area contributed by atoms with Gasteiger partial charge in [0.05, 0.1) is 11.2 Å². The average Bonchev–Trinajstić information content (AvgIpc) is 2.80. The van der Waals surface area contributed by atoms with Gasteiger partial charge >= 0.3 is 0 Å². The highest BCUT2D eigenvalue weighted by Gasteiger charge is 2.12. The van der Waals surface area contributed by atoms with E-state index in [0.717, 1.165) is 12.2 Å². The highest BCUT2D eigenvalue weighted by molar-refractivity contribution is 5.92. The van der Waals surface area contributed by atoms with E-state index in [1.54, 1.807) is 0 Å². The number of hydrogen-bond donors (Lipinski definition) is 0. The van der Waals surface area contributed by atoms with Gasteiger partial charge in [-0.1, -0.05) is 42.5 Å². The summed E-state index contributed by atoms with van der Waals surface area (Å²) in [7, 11) is 0. The molecule has 0 spiro atoms. The second-order valence-corrected chi connectivity index (χ2v) is 5.45. The predicted molar refractivity (Wildman–Crippen MR) is 94.8 cm³/mol. The SMILES string of the molecule is C=CCn1c(C)c(C)c2ccnc(C=Cc3ccccc3)c21. The Labute approximate surface area is 131 Å². The quantitative estimate of drug-likeness (QED) is 0.617. The van der Waals surface area contributed by atoms with Crippen molar-refractivity contribution in [1.29, 1.82) is 0 Å². The average molecular weight is 288 g/mol. The van der Waals surface area contributed by atoms with Gasteiger partial charge in [0, 0.05) is 23.8 Å². The molecule has 0 N–H and O–H groups in total. The minimum Gasteiger partial charge on any atom is -0.339 e. The number of pyridine rings is 1. The van der Waals surface area contributed by atoms with Gasteiger partial charge in [0.2, 0.25) is 0 Å². The maximum atomic E-state index is 4.58. The molecule has 0 aliphatic carbocycles. The largest absolute Gasteiger partial charge is 0.339 e. The van der Waals surface area contributed by atoms with Crippen molar-refractivity contribution < 1.29 is 0 Å². The highest BCUT2D eigenvalue weighted by Crippen LogP contribution is 2.27. The van der Waals surface area contributed by atoms with Gasteiger partial charge < -0.3 is 4.57 Å². The van der Waals surface area contributed by atoms with E-state index < -0.39 is 0 Å². The molecule has 0 unspecified atom stereocenters. The van der Waals surface area contributed by atoms with Crippen LogP contribution in [-0.4, -0.2) is 9.55 Å². The molecule has 3 aromatic rings. The van der Waals surface area contributed by atoms with Crippen LogP contribution < -0.4 is 0 Å². The Balaban J connectivity index is 2.16. The van der Waals surface area contributed by atoms with Crippen LogP contribution in [0.4, 0.5) is 0 Å². The number of benzene rings is 1. The second-order valence-electron chi connectivity index (χ2n) is 5.45. The van der Waals surface area contributed by atoms with Crippen molar-refractivity contribution in [3.63, 3.8) is 0 Å². The van der Waals surface area contributed by atoms with Crippen LogP contribution in [0, 0.1) is 13.8 Å². The van der Waals surface area contributed by atoms with Crippen molar-refractivity contribution in [3.05, 3.63) is 77.8 Å². The maximum absolute atomic E-state index is 4.58. The lowest BCUT2D eigenvalue weighted by Crippen LogP contribution is -1.99. The first-order valence-electron chi connectivity index (χ1n) is 7.51. The molecule has 1 aromatic carbocycles. The summed E-state index contributed by atoms with van der Waals surface area (Å²) >= 11 is 0. The zero-order valence-corrected chi connectivity index (χ0v) is 13.1. The van der Waals surface area contributed by atoms with Crippen molar-refractivity contribution in [3.8, 4) is 0 Å². The normalized spacial score (nSPS) is 11.4. The van der Waals surface area contributed by atoms with Gasteiger partial charge in [0.25, 0.3) is 0 Å². The topological polar surface area (TPSA) is 17.8 Å². The molecule has 0 amide bonds.